The summed E-state index contributed by atoms with van der Waals surface area (Å²) in [5.41, 5.74) is 2.83. The molecule has 4 rings (SSSR count). The van der Waals surface area contributed by atoms with Crippen LogP contribution in [0.15, 0.2) is 52.9 Å². The fourth-order valence-electron chi connectivity index (χ4n) is 3.63. The van der Waals surface area contributed by atoms with Crippen LogP contribution in [-0.4, -0.2) is 48.8 Å². The van der Waals surface area contributed by atoms with Crippen LogP contribution < -0.4 is 5.32 Å². The van der Waals surface area contributed by atoms with Gasteiger partial charge in [-0.25, -0.2) is 13.4 Å². The lowest BCUT2D eigenvalue weighted by molar-refractivity contribution is -0.121. The van der Waals surface area contributed by atoms with Gasteiger partial charge in [0, 0.05) is 24.7 Å². The zero-order chi connectivity index (χ0) is 21.3. The molecule has 1 saturated heterocycles. The van der Waals surface area contributed by atoms with Crippen molar-refractivity contribution in [2.24, 2.45) is 0 Å². The van der Waals surface area contributed by atoms with Gasteiger partial charge in [0.15, 0.2) is 21.3 Å². The molecule has 0 aliphatic carbocycles. The number of sulfone groups is 1. The molecule has 0 saturated carbocycles. The highest BCUT2D eigenvalue weighted by Gasteiger charge is 2.32. The zero-order valence-electron chi connectivity index (χ0n) is 17.0. The van der Waals surface area contributed by atoms with Crippen LogP contribution in [0.4, 0.5) is 5.69 Å². The summed E-state index contributed by atoms with van der Waals surface area (Å²) in [5.74, 6) is 0.754. The summed E-state index contributed by atoms with van der Waals surface area (Å²) < 4.78 is 29.4. The molecule has 3 aromatic rings. The Morgan fingerprint density at radius 3 is 2.47 bits per heavy atom. The van der Waals surface area contributed by atoms with Gasteiger partial charge in [-0.15, -0.1) is 0 Å². The first-order chi connectivity index (χ1) is 14.3. The van der Waals surface area contributed by atoms with Gasteiger partial charge in [-0.3, -0.25) is 9.69 Å². The van der Waals surface area contributed by atoms with Gasteiger partial charge in [0.1, 0.15) is 11.6 Å². The molecule has 1 atom stereocenters. The minimum Gasteiger partial charge on any atom is -0.440 e. The van der Waals surface area contributed by atoms with Gasteiger partial charge in [0.25, 0.3) is 0 Å². The highest BCUT2D eigenvalue weighted by Crippen LogP contribution is 2.27. The molecule has 2 heterocycles. The number of benzene rings is 2. The first-order valence-electron chi connectivity index (χ1n) is 10.0. The van der Waals surface area contributed by atoms with E-state index in [9.17, 15) is 13.2 Å². The van der Waals surface area contributed by atoms with Crippen molar-refractivity contribution in [3.63, 3.8) is 0 Å². The van der Waals surface area contributed by atoms with Crippen LogP contribution in [-0.2, 0) is 14.6 Å². The number of amides is 1. The molecule has 1 amide bonds. The third-order valence-corrected chi connectivity index (χ3v) is 6.88. The van der Waals surface area contributed by atoms with Gasteiger partial charge in [-0.1, -0.05) is 44.2 Å². The Morgan fingerprint density at radius 2 is 1.80 bits per heavy atom. The second kappa shape index (κ2) is 8.20. The van der Waals surface area contributed by atoms with E-state index in [2.05, 4.69) is 10.3 Å². The van der Waals surface area contributed by atoms with Crippen LogP contribution in [0.2, 0.25) is 0 Å². The Morgan fingerprint density at radius 1 is 1.10 bits per heavy atom. The van der Waals surface area contributed by atoms with Crippen molar-refractivity contribution in [2.75, 3.05) is 29.9 Å². The second-order valence-corrected chi connectivity index (χ2v) is 10.2. The van der Waals surface area contributed by atoms with Crippen molar-refractivity contribution in [3.8, 4) is 0 Å². The van der Waals surface area contributed by atoms with Crippen LogP contribution in [0.3, 0.4) is 0 Å². The number of carbonyl (C=O) groups is 1. The van der Waals surface area contributed by atoms with E-state index >= 15 is 0 Å². The molecular formula is C22H25N3O4S. The molecule has 1 aromatic heterocycles. The molecule has 2 aromatic carbocycles. The predicted molar refractivity (Wildman–Crippen MR) is 116 cm³/mol. The average Bonchev–Trinajstić information content (AvgIpc) is 3.14. The van der Waals surface area contributed by atoms with Crippen LogP contribution in [0, 0.1) is 0 Å². The van der Waals surface area contributed by atoms with Crippen molar-refractivity contribution in [1.29, 1.82) is 0 Å². The Bertz CT molecular complexity index is 1140. The topological polar surface area (TPSA) is 92.5 Å². The molecule has 0 radical (unpaired) electrons. The van der Waals surface area contributed by atoms with Gasteiger partial charge in [-0.05, 0) is 23.8 Å². The Balaban J connectivity index is 1.59. The second-order valence-electron chi connectivity index (χ2n) is 7.88. The van der Waals surface area contributed by atoms with E-state index in [1.807, 2.05) is 49.1 Å². The minimum atomic E-state index is -3.04. The Hall–Kier alpha value is -2.71. The number of hydrogen-bond acceptors (Lipinski definition) is 6. The number of hydrogen-bond donors (Lipinski definition) is 1. The van der Waals surface area contributed by atoms with Crippen molar-refractivity contribution >= 4 is 32.5 Å². The third kappa shape index (κ3) is 4.39. The van der Waals surface area contributed by atoms with E-state index in [1.165, 1.54) is 0 Å². The normalized spacial score (nSPS) is 17.8. The summed E-state index contributed by atoms with van der Waals surface area (Å²) in [7, 11) is -3.04. The monoisotopic (exact) mass is 427 g/mol. The maximum atomic E-state index is 13.3. The number of rotatable bonds is 5. The highest BCUT2D eigenvalue weighted by atomic mass is 32.2. The molecule has 0 bridgehead atoms. The molecule has 1 unspecified atom stereocenters. The Kier molecular flexibility index (Phi) is 5.62. The zero-order valence-corrected chi connectivity index (χ0v) is 17.9. The number of fused-ring (bicyclic) bond motifs is 1. The first kappa shape index (κ1) is 20.6. The quantitative estimate of drug-likeness (QED) is 0.671. The molecule has 8 heteroatoms. The van der Waals surface area contributed by atoms with Gasteiger partial charge in [0.05, 0.1) is 11.5 Å². The summed E-state index contributed by atoms with van der Waals surface area (Å²) in [6.07, 6.45) is 0. The smallest absolute Gasteiger partial charge is 0.246 e. The number of nitrogens with zero attached hydrogens (tertiary/aromatic N) is 2. The van der Waals surface area contributed by atoms with E-state index in [0.717, 1.165) is 5.56 Å². The van der Waals surface area contributed by atoms with E-state index in [1.54, 1.807) is 18.2 Å². The van der Waals surface area contributed by atoms with E-state index < -0.39 is 15.9 Å². The predicted octanol–water partition coefficient (Wildman–Crippen LogP) is 3.36. The molecular weight excluding hydrogens is 402 g/mol. The molecule has 7 nitrogen and oxygen atoms in total. The maximum Gasteiger partial charge on any atom is 0.246 e. The lowest BCUT2D eigenvalue weighted by atomic mass is 10.0. The number of carbonyl (C=O) groups excluding carboxylic acids is 1. The molecule has 1 aliphatic heterocycles. The molecule has 30 heavy (non-hydrogen) atoms. The lowest BCUT2D eigenvalue weighted by Crippen LogP contribution is -2.46. The number of oxazole rings is 1. The first-order valence-corrected chi connectivity index (χ1v) is 11.9. The van der Waals surface area contributed by atoms with Crippen molar-refractivity contribution < 1.29 is 17.6 Å². The van der Waals surface area contributed by atoms with Crippen LogP contribution >= 0.6 is 0 Å². The van der Waals surface area contributed by atoms with Crippen molar-refractivity contribution in [2.45, 2.75) is 25.8 Å². The van der Waals surface area contributed by atoms with Crippen LogP contribution in [0.5, 0.6) is 0 Å². The summed E-state index contributed by atoms with van der Waals surface area (Å²) >= 11 is 0. The summed E-state index contributed by atoms with van der Waals surface area (Å²) in [4.78, 5) is 19.7. The maximum absolute atomic E-state index is 13.3. The van der Waals surface area contributed by atoms with Crippen molar-refractivity contribution in [3.05, 3.63) is 60.0 Å². The number of nitrogens with one attached hydrogen (secondary N) is 1. The van der Waals surface area contributed by atoms with Crippen molar-refractivity contribution in [1.82, 2.24) is 9.88 Å². The minimum absolute atomic E-state index is 0.0620. The summed E-state index contributed by atoms with van der Waals surface area (Å²) in [6, 6.07) is 14.3. The fraction of sp³-hybridized carbons (Fsp3) is 0.364. The molecule has 1 fully saturated rings. The number of anilines is 1. The van der Waals surface area contributed by atoms with Gasteiger partial charge < -0.3 is 9.73 Å². The summed E-state index contributed by atoms with van der Waals surface area (Å²) in [6.45, 7) is 4.68. The standard InChI is InChI=1S/C22H25N3O4S/c1-15(2)22-24-18-14-17(8-9-19(18)29-22)23-21(26)20(16-6-4-3-5-7-16)25-10-12-30(27,28)13-11-25/h3-9,14-15,20H,10-13H2,1-2H3,(H,23,26). The lowest BCUT2D eigenvalue weighted by Gasteiger charge is -2.33. The molecule has 0 spiro atoms. The number of aromatic nitrogens is 1. The molecule has 158 valence electrons. The summed E-state index contributed by atoms with van der Waals surface area (Å²) in [5, 5.41) is 2.98. The van der Waals surface area contributed by atoms with Gasteiger partial charge >= 0.3 is 0 Å². The van der Waals surface area contributed by atoms with Crippen LogP contribution in [0.25, 0.3) is 11.1 Å². The van der Waals surface area contributed by atoms with Gasteiger partial charge in [0.2, 0.25) is 5.91 Å². The molecule has 1 aliphatic rings. The van der Waals surface area contributed by atoms with E-state index in [-0.39, 0.29) is 23.3 Å². The fourth-order valence-corrected chi connectivity index (χ4v) is 4.86. The van der Waals surface area contributed by atoms with Crippen LogP contribution in [0.1, 0.15) is 37.3 Å². The van der Waals surface area contributed by atoms with Gasteiger partial charge in [-0.2, -0.15) is 0 Å². The average molecular weight is 428 g/mol. The largest absolute Gasteiger partial charge is 0.440 e. The van der Waals surface area contributed by atoms with E-state index in [0.29, 0.717) is 35.8 Å². The highest BCUT2D eigenvalue weighted by molar-refractivity contribution is 7.91. The Labute approximate surface area is 176 Å². The SMILES string of the molecule is CC(C)c1nc2cc(NC(=O)C(c3ccccc3)N3CCS(=O)(=O)CC3)ccc2o1. The van der Waals surface area contributed by atoms with E-state index in [4.69, 9.17) is 4.42 Å². The molecule has 1 N–H and O–H groups in total. The third-order valence-electron chi connectivity index (χ3n) is 5.27.